The van der Waals surface area contributed by atoms with Crippen molar-refractivity contribution in [3.8, 4) is 5.75 Å². The number of carbonyl (C=O) groups is 1. The van der Waals surface area contributed by atoms with Crippen LogP contribution in [0.5, 0.6) is 5.75 Å². The van der Waals surface area contributed by atoms with E-state index in [4.69, 9.17) is 4.74 Å². The fourth-order valence-corrected chi connectivity index (χ4v) is 4.84. The first-order valence-electron chi connectivity index (χ1n) is 8.28. The number of ether oxygens (including phenoxy) is 1. The molecule has 2 aromatic rings. The van der Waals surface area contributed by atoms with Crippen LogP contribution < -0.4 is 4.74 Å². The molecule has 126 valence electrons. The molecule has 2 nitrogen and oxygen atoms in total. The van der Waals surface area contributed by atoms with E-state index in [9.17, 15) is 4.79 Å². The van der Waals surface area contributed by atoms with E-state index in [0.717, 1.165) is 12.8 Å². The maximum absolute atomic E-state index is 11.7. The third-order valence-corrected chi connectivity index (χ3v) is 6.19. The van der Waals surface area contributed by atoms with Gasteiger partial charge in [0.1, 0.15) is 10.7 Å². The average Bonchev–Trinajstić information content (AvgIpc) is 2.65. The molecule has 0 radical (unpaired) electrons. The van der Waals surface area contributed by atoms with Crippen molar-refractivity contribution in [2.45, 2.75) is 29.6 Å². The van der Waals surface area contributed by atoms with Crippen LogP contribution in [0.15, 0.2) is 99.7 Å². The summed E-state index contributed by atoms with van der Waals surface area (Å²) in [4.78, 5) is 15.6. The summed E-state index contributed by atoms with van der Waals surface area (Å²) in [5, 5.41) is 0. The van der Waals surface area contributed by atoms with Gasteiger partial charge in [0.15, 0.2) is 9.79 Å². The molecule has 1 aliphatic rings. The van der Waals surface area contributed by atoms with Crippen molar-refractivity contribution < 1.29 is 9.53 Å². The molecule has 0 aromatic heterocycles. The van der Waals surface area contributed by atoms with Crippen LogP contribution in [0.2, 0.25) is 0 Å². The molecule has 0 N–H and O–H groups in total. The van der Waals surface area contributed by atoms with Crippen molar-refractivity contribution in [3.05, 3.63) is 89.9 Å². The van der Waals surface area contributed by atoms with Crippen molar-refractivity contribution >= 4 is 16.9 Å². The molecule has 0 aliphatic heterocycles. The van der Waals surface area contributed by atoms with E-state index in [0.29, 0.717) is 11.3 Å². The number of rotatable bonds is 5. The predicted molar refractivity (Wildman–Crippen MR) is 104 cm³/mol. The van der Waals surface area contributed by atoms with Crippen molar-refractivity contribution in [1.29, 1.82) is 0 Å². The van der Waals surface area contributed by atoms with Gasteiger partial charge in [-0.3, -0.25) is 0 Å². The van der Waals surface area contributed by atoms with Gasteiger partial charge in [-0.05, 0) is 55.8 Å². The van der Waals surface area contributed by atoms with Crippen molar-refractivity contribution in [3.63, 3.8) is 0 Å². The SMILES string of the molecule is C=C(C)C(=O)Oc1ccc([S+](C2=CC=CCC2)c2ccccc2)cc1. The first kappa shape index (κ1) is 17.3. The van der Waals surface area contributed by atoms with Gasteiger partial charge in [0, 0.05) is 12.0 Å². The second-order valence-corrected chi connectivity index (χ2v) is 7.94. The van der Waals surface area contributed by atoms with Gasteiger partial charge in [-0.1, -0.05) is 36.9 Å². The summed E-state index contributed by atoms with van der Waals surface area (Å²) >= 11 is 0. The van der Waals surface area contributed by atoms with Gasteiger partial charge in [-0.25, -0.2) is 4.79 Å². The van der Waals surface area contributed by atoms with Crippen LogP contribution in [0.1, 0.15) is 19.8 Å². The van der Waals surface area contributed by atoms with E-state index in [-0.39, 0.29) is 10.9 Å². The van der Waals surface area contributed by atoms with E-state index < -0.39 is 5.97 Å². The summed E-state index contributed by atoms with van der Waals surface area (Å²) in [5.74, 6) is 0.154. The minimum Gasteiger partial charge on any atom is -0.423 e. The van der Waals surface area contributed by atoms with Crippen LogP contribution >= 0.6 is 0 Å². The van der Waals surface area contributed by atoms with Crippen LogP contribution in [0.4, 0.5) is 0 Å². The van der Waals surface area contributed by atoms with Crippen LogP contribution in [-0.2, 0) is 15.7 Å². The Labute approximate surface area is 151 Å². The molecule has 0 fully saturated rings. The van der Waals surface area contributed by atoms with Crippen molar-refractivity contribution in [2.75, 3.05) is 0 Å². The van der Waals surface area contributed by atoms with E-state index in [1.807, 2.05) is 18.2 Å². The van der Waals surface area contributed by atoms with E-state index >= 15 is 0 Å². The molecule has 0 heterocycles. The Morgan fingerprint density at radius 1 is 1.04 bits per heavy atom. The van der Waals surface area contributed by atoms with Crippen LogP contribution in [-0.4, -0.2) is 5.97 Å². The molecule has 0 spiro atoms. The number of benzene rings is 2. The Morgan fingerprint density at radius 3 is 2.32 bits per heavy atom. The van der Waals surface area contributed by atoms with Gasteiger partial charge in [0.2, 0.25) is 0 Å². The van der Waals surface area contributed by atoms with Gasteiger partial charge in [-0.15, -0.1) is 0 Å². The lowest BCUT2D eigenvalue weighted by Gasteiger charge is -2.12. The molecule has 0 saturated carbocycles. The highest BCUT2D eigenvalue weighted by Crippen LogP contribution is 2.34. The highest BCUT2D eigenvalue weighted by Gasteiger charge is 2.30. The molecule has 0 bridgehead atoms. The summed E-state index contributed by atoms with van der Waals surface area (Å²) in [7, 11) is -0.116. The molecule has 1 unspecified atom stereocenters. The average molecular weight is 349 g/mol. The molecule has 1 atom stereocenters. The minimum absolute atomic E-state index is 0.116. The Hall–Kier alpha value is -2.52. The summed E-state index contributed by atoms with van der Waals surface area (Å²) in [6.45, 7) is 5.26. The molecule has 3 rings (SSSR count). The smallest absolute Gasteiger partial charge is 0.338 e. The summed E-state index contributed by atoms with van der Waals surface area (Å²) in [5.41, 5.74) is 0.396. The lowest BCUT2D eigenvalue weighted by molar-refractivity contribution is -0.130. The monoisotopic (exact) mass is 349 g/mol. The Morgan fingerprint density at radius 2 is 1.72 bits per heavy atom. The third kappa shape index (κ3) is 4.31. The normalized spacial score (nSPS) is 14.5. The van der Waals surface area contributed by atoms with Crippen LogP contribution in [0.25, 0.3) is 0 Å². The largest absolute Gasteiger partial charge is 0.423 e. The zero-order chi connectivity index (χ0) is 17.6. The lowest BCUT2D eigenvalue weighted by Crippen LogP contribution is -2.10. The molecule has 1 aliphatic carbocycles. The summed E-state index contributed by atoms with van der Waals surface area (Å²) in [6, 6.07) is 18.4. The maximum Gasteiger partial charge on any atom is 0.338 e. The summed E-state index contributed by atoms with van der Waals surface area (Å²) < 4.78 is 5.30. The van der Waals surface area contributed by atoms with E-state index in [1.54, 1.807) is 6.92 Å². The number of hydrogen-bond acceptors (Lipinski definition) is 2. The third-order valence-electron chi connectivity index (χ3n) is 3.84. The van der Waals surface area contributed by atoms with E-state index in [1.165, 1.54) is 14.7 Å². The molecule has 2 aromatic carbocycles. The second kappa shape index (κ2) is 8.04. The number of hydrogen-bond donors (Lipinski definition) is 0. The fraction of sp³-hybridized carbons (Fsp3) is 0.136. The van der Waals surface area contributed by atoms with Gasteiger partial charge >= 0.3 is 5.97 Å². The Balaban J connectivity index is 1.91. The predicted octanol–water partition coefficient (Wildman–Crippen LogP) is 5.44. The molecule has 0 saturated heterocycles. The number of esters is 1. The number of allylic oxidation sites excluding steroid dienone is 4. The quantitative estimate of drug-likeness (QED) is 0.311. The van der Waals surface area contributed by atoms with Crippen LogP contribution in [0, 0.1) is 0 Å². The van der Waals surface area contributed by atoms with Crippen molar-refractivity contribution in [2.24, 2.45) is 0 Å². The van der Waals surface area contributed by atoms with Gasteiger partial charge in [0.25, 0.3) is 0 Å². The zero-order valence-corrected chi connectivity index (χ0v) is 15.1. The molecular formula is C22H21O2S+. The maximum atomic E-state index is 11.7. The van der Waals surface area contributed by atoms with Crippen LogP contribution in [0.3, 0.4) is 0 Å². The Kier molecular flexibility index (Phi) is 5.56. The van der Waals surface area contributed by atoms with Crippen molar-refractivity contribution in [1.82, 2.24) is 0 Å². The fourth-order valence-electron chi connectivity index (χ4n) is 2.58. The van der Waals surface area contributed by atoms with Gasteiger partial charge in [0.05, 0.1) is 10.9 Å². The molecular weight excluding hydrogens is 328 g/mol. The Bertz CT molecular complexity index is 817. The van der Waals surface area contributed by atoms with Gasteiger partial charge in [-0.2, -0.15) is 0 Å². The molecule has 0 amide bonds. The second-order valence-electron chi connectivity index (χ2n) is 5.86. The van der Waals surface area contributed by atoms with E-state index in [2.05, 4.69) is 61.2 Å². The zero-order valence-electron chi connectivity index (χ0n) is 14.3. The minimum atomic E-state index is -0.394. The highest BCUT2D eigenvalue weighted by molar-refractivity contribution is 8.00. The highest BCUT2D eigenvalue weighted by atomic mass is 32.2. The van der Waals surface area contributed by atoms with Gasteiger partial charge < -0.3 is 4.74 Å². The standard InChI is InChI=1S/C22H21O2S/c1-17(2)22(23)24-18-13-15-21(16-14-18)25(19-9-5-3-6-10-19)20-11-7-4-8-12-20/h3-7,9-11,13-16H,1,8,12H2,2H3/q+1. The first-order valence-corrected chi connectivity index (χ1v) is 9.50. The summed E-state index contributed by atoms with van der Waals surface area (Å²) in [6.07, 6.45) is 8.73. The molecule has 25 heavy (non-hydrogen) atoms. The molecule has 3 heteroatoms. The lowest BCUT2D eigenvalue weighted by atomic mass is 10.2. The topological polar surface area (TPSA) is 26.3 Å². The number of carbonyl (C=O) groups excluding carboxylic acids is 1. The first-order chi connectivity index (χ1) is 12.1.